The molecule has 1 aliphatic carbocycles. The van der Waals surface area contributed by atoms with E-state index in [9.17, 15) is 4.79 Å². The van der Waals surface area contributed by atoms with Crippen molar-refractivity contribution in [3.05, 3.63) is 63.9 Å². The van der Waals surface area contributed by atoms with Gasteiger partial charge in [0.25, 0.3) is 0 Å². The first-order chi connectivity index (χ1) is 13.6. The third-order valence-electron chi connectivity index (χ3n) is 5.74. The van der Waals surface area contributed by atoms with Crippen LogP contribution < -0.4 is 0 Å². The average Bonchev–Trinajstić information content (AvgIpc) is 3.22. The van der Waals surface area contributed by atoms with Gasteiger partial charge in [-0.1, -0.05) is 36.6 Å². The molecular weight excluding hydrogens is 372 g/mol. The minimum absolute atomic E-state index is 0.155. The standard InChI is InChI=1S/C23H27ClN2O2/c1-16-11-18(12-17-5-4-8-20(24)13-17)14-21(25-16)22-15-26(9-10-28-22)23(27)19-6-2-3-7-19/h4-5,8,11,13-14,19,22H,2-3,6-7,9-10,12,15H2,1H3/t22-/m1/s1. The summed E-state index contributed by atoms with van der Waals surface area (Å²) in [6.07, 6.45) is 5.07. The van der Waals surface area contributed by atoms with E-state index in [1.54, 1.807) is 0 Å². The molecule has 1 saturated heterocycles. The molecule has 0 N–H and O–H groups in total. The molecule has 5 heteroatoms. The van der Waals surface area contributed by atoms with Gasteiger partial charge in [-0.15, -0.1) is 0 Å². The summed E-state index contributed by atoms with van der Waals surface area (Å²) in [6.45, 7) is 3.87. The molecule has 0 bridgehead atoms. The molecule has 0 radical (unpaired) electrons. The summed E-state index contributed by atoms with van der Waals surface area (Å²) in [4.78, 5) is 19.5. The highest BCUT2D eigenvalue weighted by molar-refractivity contribution is 6.30. The highest BCUT2D eigenvalue weighted by Crippen LogP contribution is 2.29. The van der Waals surface area contributed by atoms with E-state index in [0.717, 1.165) is 35.7 Å². The van der Waals surface area contributed by atoms with E-state index >= 15 is 0 Å². The topological polar surface area (TPSA) is 42.4 Å². The molecule has 4 rings (SSSR count). The van der Waals surface area contributed by atoms with Gasteiger partial charge in [0.05, 0.1) is 18.8 Å². The number of benzene rings is 1. The van der Waals surface area contributed by atoms with Crippen molar-refractivity contribution in [1.29, 1.82) is 0 Å². The Morgan fingerprint density at radius 1 is 1.21 bits per heavy atom. The molecule has 1 aromatic carbocycles. The number of halogens is 1. The molecule has 1 atom stereocenters. The van der Waals surface area contributed by atoms with Crippen molar-refractivity contribution in [2.24, 2.45) is 5.92 Å². The van der Waals surface area contributed by atoms with E-state index < -0.39 is 0 Å². The molecule has 1 aromatic heterocycles. The quantitative estimate of drug-likeness (QED) is 0.748. The Bertz CT molecular complexity index is 848. The molecule has 2 heterocycles. The van der Waals surface area contributed by atoms with Gasteiger partial charge in [-0.05, 0) is 61.6 Å². The van der Waals surface area contributed by atoms with Crippen molar-refractivity contribution in [1.82, 2.24) is 9.88 Å². The Balaban J connectivity index is 1.50. The normalized spacial score (nSPS) is 20.5. The summed E-state index contributed by atoms with van der Waals surface area (Å²) in [5.74, 6) is 0.514. The molecule has 1 aliphatic heterocycles. The van der Waals surface area contributed by atoms with Crippen molar-refractivity contribution in [2.45, 2.75) is 45.1 Å². The molecule has 1 saturated carbocycles. The number of hydrogen-bond donors (Lipinski definition) is 0. The van der Waals surface area contributed by atoms with E-state index in [-0.39, 0.29) is 12.0 Å². The molecule has 1 amide bonds. The first kappa shape index (κ1) is 19.4. The summed E-state index contributed by atoms with van der Waals surface area (Å²) in [6, 6.07) is 12.2. The maximum Gasteiger partial charge on any atom is 0.225 e. The maximum atomic E-state index is 12.8. The Kier molecular flexibility index (Phi) is 5.98. The van der Waals surface area contributed by atoms with Crippen LogP contribution in [0.25, 0.3) is 0 Å². The minimum Gasteiger partial charge on any atom is -0.368 e. The van der Waals surface area contributed by atoms with E-state index in [1.165, 1.54) is 24.0 Å². The first-order valence-corrected chi connectivity index (χ1v) is 10.6. The Labute approximate surface area is 171 Å². The molecular formula is C23H27ClN2O2. The third kappa shape index (κ3) is 4.56. The second kappa shape index (κ2) is 8.62. The molecule has 148 valence electrons. The van der Waals surface area contributed by atoms with Crippen LogP contribution in [0.1, 0.15) is 54.3 Å². The lowest BCUT2D eigenvalue weighted by atomic mass is 10.0. The van der Waals surface area contributed by atoms with Crippen molar-refractivity contribution in [3.8, 4) is 0 Å². The molecule has 2 fully saturated rings. The molecule has 2 aromatic rings. The van der Waals surface area contributed by atoms with E-state index in [4.69, 9.17) is 21.3 Å². The lowest BCUT2D eigenvalue weighted by Crippen LogP contribution is -2.44. The molecule has 0 unspecified atom stereocenters. The van der Waals surface area contributed by atoms with Crippen LogP contribution in [-0.4, -0.2) is 35.5 Å². The fourth-order valence-corrected chi connectivity index (χ4v) is 4.59. The zero-order valence-corrected chi connectivity index (χ0v) is 17.1. The average molecular weight is 399 g/mol. The number of aromatic nitrogens is 1. The number of carbonyl (C=O) groups excluding carboxylic acids is 1. The van der Waals surface area contributed by atoms with Gasteiger partial charge in [-0.25, -0.2) is 0 Å². The Hall–Kier alpha value is -1.91. The zero-order chi connectivity index (χ0) is 19.5. The summed E-state index contributed by atoms with van der Waals surface area (Å²) in [5.41, 5.74) is 4.25. The van der Waals surface area contributed by atoms with Gasteiger partial charge in [0.2, 0.25) is 5.91 Å². The summed E-state index contributed by atoms with van der Waals surface area (Å²) >= 11 is 6.13. The minimum atomic E-state index is -0.155. The van der Waals surface area contributed by atoms with Crippen molar-refractivity contribution >= 4 is 17.5 Å². The fourth-order valence-electron chi connectivity index (χ4n) is 4.38. The predicted octanol–water partition coefficient (Wildman–Crippen LogP) is 4.72. The largest absolute Gasteiger partial charge is 0.368 e. The number of rotatable bonds is 4. The highest BCUT2D eigenvalue weighted by atomic mass is 35.5. The second-order valence-electron chi connectivity index (χ2n) is 7.97. The molecule has 28 heavy (non-hydrogen) atoms. The summed E-state index contributed by atoms with van der Waals surface area (Å²) in [5, 5.41) is 0.750. The van der Waals surface area contributed by atoms with E-state index in [2.05, 4.69) is 18.2 Å². The lowest BCUT2D eigenvalue weighted by molar-refractivity contribution is -0.143. The van der Waals surface area contributed by atoms with Gasteiger partial charge < -0.3 is 9.64 Å². The Morgan fingerprint density at radius 3 is 2.82 bits per heavy atom. The highest BCUT2D eigenvalue weighted by Gasteiger charge is 2.32. The number of ether oxygens (including phenoxy) is 1. The maximum absolute atomic E-state index is 12.8. The fraction of sp³-hybridized carbons (Fsp3) is 0.478. The molecule has 0 spiro atoms. The van der Waals surface area contributed by atoms with Crippen LogP contribution in [0.3, 0.4) is 0 Å². The van der Waals surface area contributed by atoms with Crippen molar-refractivity contribution in [3.63, 3.8) is 0 Å². The van der Waals surface area contributed by atoms with E-state index in [1.807, 2.05) is 30.0 Å². The van der Waals surface area contributed by atoms with Gasteiger partial charge in [0, 0.05) is 23.2 Å². The van der Waals surface area contributed by atoms with Crippen LogP contribution in [0.4, 0.5) is 0 Å². The monoisotopic (exact) mass is 398 g/mol. The summed E-state index contributed by atoms with van der Waals surface area (Å²) in [7, 11) is 0. The van der Waals surface area contributed by atoms with Crippen molar-refractivity contribution in [2.75, 3.05) is 19.7 Å². The van der Waals surface area contributed by atoms with Crippen LogP contribution in [-0.2, 0) is 16.0 Å². The Morgan fingerprint density at radius 2 is 2.04 bits per heavy atom. The van der Waals surface area contributed by atoms with Gasteiger partial charge in [0.15, 0.2) is 0 Å². The second-order valence-corrected chi connectivity index (χ2v) is 8.41. The number of pyridine rings is 1. The number of aryl methyl sites for hydroxylation is 1. The van der Waals surface area contributed by atoms with Crippen LogP contribution in [0, 0.1) is 12.8 Å². The van der Waals surface area contributed by atoms with Crippen LogP contribution in [0.15, 0.2) is 36.4 Å². The summed E-state index contributed by atoms with van der Waals surface area (Å²) < 4.78 is 6.01. The van der Waals surface area contributed by atoms with Crippen LogP contribution in [0.2, 0.25) is 5.02 Å². The SMILES string of the molecule is Cc1cc(Cc2cccc(Cl)c2)cc([C@H]2CN(C(=O)C3CCCC3)CCO2)n1. The van der Waals surface area contributed by atoms with E-state index in [0.29, 0.717) is 25.6 Å². The van der Waals surface area contributed by atoms with Gasteiger partial charge in [0.1, 0.15) is 6.10 Å². The van der Waals surface area contributed by atoms with Crippen LogP contribution >= 0.6 is 11.6 Å². The van der Waals surface area contributed by atoms with Gasteiger partial charge in [-0.3, -0.25) is 9.78 Å². The number of carbonyl (C=O) groups is 1. The van der Waals surface area contributed by atoms with Gasteiger partial charge >= 0.3 is 0 Å². The molecule has 4 nitrogen and oxygen atoms in total. The zero-order valence-electron chi connectivity index (χ0n) is 16.4. The predicted molar refractivity (Wildman–Crippen MR) is 110 cm³/mol. The first-order valence-electron chi connectivity index (χ1n) is 10.2. The smallest absolute Gasteiger partial charge is 0.225 e. The number of hydrogen-bond acceptors (Lipinski definition) is 3. The lowest BCUT2D eigenvalue weighted by Gasteiger charge is -2.34. The van der Waals surface area contributed by atoms with Crippen molar-refractivity contribution < 1.29 is 9.53 Å². The molecule has 2 aliphatic rings. The van der Waals surface area contributed by atoms with Gasteiger partial charge in [-0.2, -0.15) is 0 Å². The van der Waals surface area contributed by atoms with Crippen LogP contribution in [0.5, 0.6) is 0 Å². The number of amides is 1. The number of morpholine rings is 1. The number of nitrogens with zero attached hydrogens (tertiary/aromatic N) is 2. The third-order valence-corrected chi connectivity index (χ3v) is 5.98.